The van der Waals surface area contributed by atoms with Crippen LogP contribution < -0.4 is 20.1 Å². The number of anilines is 1. The van der Waals surface area contributed by atoms with Crippen molar-refractivity contribution in [1.82, 2.24) is 5.32 Å². The predicted octanol–water partition coefficient (Wildman–Crippen LogP) is 3.46. The van der Waals surface area contributed by atoms with Crippen LogP contribution in [0.5, 0.6) is 11.5 Å². The van der Waals surface area contributed by atoms with Crippen LogP contribution in [0, 0.1) is 6.92 Å². The summed E-state index contributed by atoms with van der Waals surface area (Å²) in [6.45, 7) is 1.82. The maximum Gasteiger partial charge on any atom is 0.243 e. The molecule has 0 saturated carbocycles. The Labute approximate surface area is 167 Å². The molecule has 0 aliphatic heterocycles. The van der Waals surface area contributed by atoms with Gasteiger partial charge in [-0.25, -0.2) is 0 Å². The van der Waals surface area contributed by atoms with Crippen LogP contribution in [0.2, 0.25) is 0 Å². The molecule has 0 spiro atoms. The molecular formula is C20H23BrN2O4. The molecule has 27 heavy (non-hydrogen) atoms. The Morgan fingerprint density at radius 2 is 1.81 bits per heavy atom. The summed E-state index contributed by atoms with van der Waals surface area (Å²) < 4.78 is 11.5. The molecule has 0 aliphatic carbocycles. The molecule has 2 N–H and O–H groups in total. The zero-order valence-corrected chi connectivity index (χ0v) is 17.2. The molecule has 2 aromatic rings. The summed E-state index contributed by atoms with van der Waals surface area (Å²) in [6, 6.07) is 11.0. The minimum Gasteiger partial charge on any atom is -0.497 e. The normalized spacial score (nSPS) is 10.2. The fraction of sp³-hybridized carbons (Fsp3) is 0.300. The van der Waals surface area contributed by atoms with Crippen molar-refractivity contribution in [2.24, 2.45) is 0 Å². The van der Waals surface area contributed by atoms with Gasteiger partial charge >= 0.3 is 0 Å². The minimum atomic E-state index is -0.271. The first kappa shape index (κ1) is 20.8. The van der Waals surface area contributed by atoms with E-state index in [1.165, 1.54) is 0 Å². The molecule has 0 unspecified atom stereocenters. The summed E-state index contributed by atoms with van der Waals surface area (Å²) in [5, 5.41) is 5.43. The van der Waals surface area contributed by atoms with Gasteiger partial charge in [0.05, 0.1) is 20.8 Å². The van der Waals surface area contributed by atoms with Crippen molar-refractivity contribution < 1.29 is 19.1 Å². The number of methoxy groups -OCH3 is 2. The van der Waals surface area contributed by atoms with Crippen LogP contribution in [0.25, 0.3) is 0 Å². The average molecular weight is 435 g/mol. The van der Waals surface area contributed by atoms with Crippen molar-refractivity contribution in [2.45, 2.75) is 19.8 Å². The van der Waals surface area contributed by atoms with E-state index < -0.39 is 0 Å². The minimum absolute atomic E-state index is 0.0798. The highest BCUT2D eigenvalue weighted by atomic mass is 79.9. The second-order valence-corrected chi connectivity index (χ2v) is 6.88. The zero-order valence-electron chi connectivity index (χ0n) is 15.6. The van der Waals surface area contributed by atoms with E-state index in [1.807, 2.05) is 31.2 Å². The van der Waals surface area contributed by atoms with Crippen LogP contribution >= 0.6 is 15.9 Å². The van der Waals surface area contributed by atoms with Crippen molar-refractivity contribution in [3.8, 4) is 11.5 Å². The summed E-state index contributed by atoms with van der Waals surface area (Å²) in [5.74, 6) is 0.929. The van der Waals surface area contributed by atoms with Crippen LogP contribution in [0.3, 0.4) is 0 Å². The van der Waals surface area contributed by atoms with E-state index in [0.717, 1.165) is 21.3 Å². The Morgan fingerprint density at radius 1 is 1.04 bits per heavy atom. The Kier molecular flexibility index (Phi) is 7.67. The van der Waals surface area contributed by atoms with Gasteiger partial charge in [-0.2, -0.15) is 0 Å². The molecule has 0 bridgehead atoms. The first-order valence-electron chi connectivity index (χ1n) is 8.46. The number of rotatable bonds is 8. The van der Waals surface area contributed by atoms with Crippen molar-refractivity contribution in [1.29, 1.82) is 0 Å². The molecule has 2 rings (SSSR count). The van der Waals surface area contributed by atoms with Gasteiger partial charge in [0.25, 0.3) is 0 Å². The largest absolute Gasteiger partial charge is 0.497 e. The van der Waals surface area contributed by atoms with E-state index in [2.05, 4.69) is 26.6 Å². The summed E-state index contributed by atoms with van der Waals surface area (Å²) in [7, 11) is 3.17. The van der Waals surface area contributed by atoms with Crippen LogP contribution in [0.4, 0.5) is 5.69 Å². The molecule has 0 heterocycles. The number of aryl methyl sites for hydroxylation is 2. The summed E-state index contributed by atoms with van der Waals surface area (Å²) in [6.07, 6.45) is 0.730. The van der Waals surface area contributed by atoms with E-state index >= 15 is 0 Å². The lowest BCUT2D eigenvalue weighted by molar-refractivity contribution is -0.124. The molecule has 2 aromatic carbocycles. The van der Waals surface area contributed by atoms with E-state index in [9.17, 15) is 9.59 Å². The average Bonchev–Trinajstić information content (AvgIpc) is 2.66. The lowest BCUT2D eigenvalue weighted by atomic mass is 10.1. The molecule has 0 aromatic heterocycles. The number of halogens is 1. The van der Waals surface area contributed by atoms with Crippen LogP contribution in [-0.4, -0.2) is 32.6 Å². The first-order valence-corrected chi connectivity index (χ1v) is 9.26. The first-order chi connectivity index (χ1) is 12.9. The highest BCUT2D eigenvalue weighted by Crippen LogP contribution is 2.25. The van der Waals surface area contributed by atoms with Gasteiger partial charge in [-0.15, -0.1) is 0 Å². The molecule has 0 radical (unpaired) electrons. The van der Waals surface area contributed by atoms with E-state index in [-0.39, 0.29) is 24.8 Å². The fourth-order valence-corrected chi connectivity index (χ4v) is 3.03. The number of carbonyl (C=O) groups is 2. The Hall–Kier alpha value is -2.54. The molecule has 6 nitrogen and oxygen atoms in total. The molecule has 0 fully saturated rings. The van der Waals surface area contributed by atoms with Crippen molar-refractivity contribution in [2.75, 3.05) is 26.1 Å². The number of benzene rings is 2. The van der Waals surface area contributed by atoms with Gasteiger partial charge in [-0.1, -0.05) is 15.9 Å². The van der Waals surface area contributed by atoms with Gasteiger partial charge in [0, 0.05) is 16.6 Å². The molecule has 2 amide bonds. The van der Waals surface area contributed by atoms with Gasteiger partial charge in [0.1, 0.15) is 11.5 Å². The molecule has 0 aliphatic rings. The van der Waals surface area contributed by atoms with Gasteiger partial charge < -0.3 is 20.1 Å². The highest BCUT2D eigenvalue weighted by Gasteiger charge is 2.10. The zero-order chi connectivity index (χ0) is 19.8. The number of hydrogen-bond donors (Lipinski definition) is 2. The van der Waals surface area contributed by atoms with Gasteiger partial charge in [-0.05, 0) is 60.9 Å². The summed E-state index contributed by atoms with van der Waals surface area (Å²) in [4.78, 5) is 24.1. The number of carbonyl (C=O) groups excluding carboxylic acids is 2. The number of ether oxygens (including phenoxy) is 2. The molecule has 0 atom stereocenters. The van der Waals surface area contributed by atoms with Gasteiger partial charge in [0.2, 0.25) is 11.8 Å². The second kappa shape index (κ2) is 9.97. The number of hydrogen-bond acceptors (Lipinski definition) is 4. The third-order valence-electron chi connectivity index (χ3n) is 4.02. The van der Waals surface area contributed by atoms with E-state index in [1.54, 1.807) is 26.4 Å². The number of nitrogens with one attached hydrogen (secondary N) is 2. The van der Waals surface area contributed by atoms with Crippen molar-refractivity contribution >= 4 is 33.4 Å². The maximum absolute atomic E-state index is 12.1. The maximum atomic E-state index is 12.1. The fourth-order valence-electron chi connectivity index (χ4n) is 2.55. The standard InChI is InChI=1S/C20H23BrN2O4/c1-13-10-15(21)5-7-17(13)23-20(25)12-22-19(24)9-4-14-11-16(26-2)6-8-18(14)27-3/h5-8,10-11H,4,9,12H2,1-3H3,(H,22,24)(H,23,25). The third-order valence-corrected chi connectivity index (χ3v) is 4.51. The van der Waals surface area contributed by atoms with Gasteiger partial charge in [-0.3, -0.25) is 9.59 Å². The monoisotopic (exact) mass is 434 g/mol. The van der Waals surface area contributed by atoms with E-state index in [4.69, 9.17) is 9.47 Å². The molecule has 144 valence electrons. The van der Waals surface area contributed by atoms with Crippen LogP contribution in [0.15, 0.2) is 40.9 Å². The van der Waals surface area contributed by atoms with Crippen LogP contribution in [-0.2, 0) is 16.0 Å². The summed E-state index contributed by atoms with van der Waals surface area (Å²) >= 11 is 3.38. The Balaban J connectivity index is 1.83. The molecule has 0 saturated heterocycles. The Bertz CT molecular complexity index is 824. The smallest absolute Gasteiger partial charge is 0.243 e. The Morgan fingerprint density at radius 3 is 2.48 bits per heavy atom. The predicted molar refractivity (Wildman–Crippen MR) is 108 cm³/mol. The van der Waals surface area contributed by atoms with Gasteiger partial charge in [0.15, 0.2) is 0 Å². The summed E-state index contributed by atoms with van der Waals surface area (Å²) in [5.41, 5.74) is 2.54. The quantitative estimate of drug-likeness (QED) is 0.666. The lowest BCUT2D eigenvalue weighted by Gasteiger charge is -2.11. The number of amides is 2. The van der Waals surface area contributed by atoms with Crippen molar-refractivity contribution in [3.63, 3.8) is 0 Å². The lowest BCUT2D eigenvalue weighted by Crippen LogP contribution is -2.33. The SMILES string of the molecule is COc1ccc(OC)c(CCC(=O)NCC(=O)Nc2ccc(Br)cc2C)c1. The van der Waals surface area contributed by atoms with E-state index in [0.29, 0.717) is 17.9 Å². The van der Waals surface area contributed by atoms with Crippen molar-refractivity contribution in [3.05, 3.63) is 52.0 Å². The molecule has 7 heteroatoms. The molecular weight excluding hydrogens is 412 g/mol. The highest BCUT2D eigenvalue weighted by molar-refractivity contribution is 9.10. The topological polar surface area (TPSA) is 76.7 Å². The third kappa shape index (κ3) is 6.29. The second-order valence-electron chi connectivity index (χ2n) is 5.96. The van der Waals surface area contributed by atoms with Crippen LogP contribution in [0.1, 0.15) is 17.5 Å².